The van der Waals surface area contributed by atoms with E-state index in [9.17, 15) is 9.90 Å². The Balaban J connectivity index is 2.41. The van der Waals surface area contributed by atoms with Gasteiger partial charge in [-0.15, -0.1) is 0 Å². The summed E-state index contributed by atoms with van der Waals surface area (Å²) in [7, 11) is 0. The fourth-order valence-corrected chi connectivity index (χ4v) is 1.07. The Bertz CT molecular complexity index is 377. The zero-order valence-corrected chi connectivity index (χ0v) is 10.4. The highest BCUT2D eigenvalue weighted by Gasteiger charge is 2.24. The first-order chi connectivity index (χ1) is 7.92. The first-order valence-corrected chi connectivity index (χ1v) is 5.63. The average molecular weight is 237 g/mol. The van der Waals surface area contributed by atoms with Crippen LogP contribution in [0.5, 0.6) is 0 Å². The van der Waals surface area contributed by atoms with Crippen molar-refractivity contribution in [3.63, 3.8) is 0 Å². The summed E-state index contributed by atoms with van der Waals surface area (Å²) in [4.78, 5) is 11.5. The lowest BCUT2D eigenvalue weighted by Crippen LogP contribution is -2.43. The molecule has 1 heterocycles. The smallest absolute Gasteiger partial charge is 0.244 e. The Morgan fingerprint density at radius 3 is 2.88 bits per heavy atom. The Morgan fingerprint density at radius 2 is 2.35 bits per heavy atom. The molecule has 0 saturated heterocycles. The second kappa shape index (κ2) is 5.68. The molecule has 1 amide bonds. The van der Waals surface area contributed by atoms with E-state index in [1.807, 2.05) is 13.8 Å². The van der Waals surface area contributed by atoms with Crippen molar-refractivity contribution in [3.8, 4) is 0 Å². The molecule has 0 saturated carbocycles. The van der Waals surface area contributed by atoms with Crippen molar-refractivity contribution >= 4 is 12.0 Å². The minimum Gasteiger partial charge on any atom is -0.465 e. The van der Waals surface area contributed by atoms with E-state index in [0.717, 1.165) is 0 Å². The van der Waals surface area contributed by atoms with E-state index in [2.05, 4.69) is 5.32 Å². The standard InChI is InChI=1S/C13H19NO3/c1-10(2)13(3,16)9-14-12(15)7-6-11-5-4-8-17-11/h4-8,10,16H,9H2,1-3H3,(H,14,15)/b7-6+. The third kappa shape index (κ3) is 4.44. The van der Waals surface area contributed by atoms with Gasteiger partial charge >= 0.3 is 0 Å². The van der Waals surface area contributed by atoms with Crippen LogP contribution in [0.1, 0.15) is 26.5 Å². The summed E-state index contributed by atoms with van der Waals surface area (Å²) in [6.45, 7) is 5.75. The Morgan fingerprint density at radius 1 is 1.65 bits per heavy atom. The van der Waals surface area contributed by atoms with Gasteiger partial charge in [0, 0.05) is 12.6 Å². The van der Waals surface area contributed by atoms with E-state index < -0.39 is 5.60 Å². The molecule has 94 valence electrons. The fourth-order valence-electron chi connectivity index (χ4n) is 1.07. The van der Waals surface area contributed by atoms with Crippen molar-refractivity contribution in [2.24, 2.45) is 5.92 Å². The number of aliphatic hydroxyl groups is 1. The molecule has 0 bridgehead atoms. The van der Waals surface area contributed by atoms with Crippen molar-refractivity contribution in [3.05, 3.63) is 30.2 Å². The predicted octanol–water partition coefficient (Wildman–Crippen LogP) is 1.82. The highest BCUT2D eigenvalue weighted by atomic mass is 16.3. The predicted molar refractivity (Wildman–Crippen MR) is 66.2 cm³/mol. The summed E-state index contributed by atoms with van der Waals surface area (Å²) in [6.07, 6.45) is 4.51. The Labute approximate surface area is 101 Å². The number of nitrogens with one attached hydrogen (secondary N) is 1. The van der Waals surface area contributed by atoms with Gasteiger partial charge in [0.05, 0.1) is 11.9 Å². The van der Waals surface area contributed by atoms with Crippen LogP contribution in [-0.2, 0) is 4.79 Å². The van der Waals surface area contributed by atoms with E-state index >= 15 is 0 Å². The normalized spacial score (nSPS) is 15.1. The quantitative estimate of drug-likeness (QED) is 0.768. The second-order valence-corrected chi connectivity index (χ2v) is 4.58. The molecule has 17 heavy (non-hydrogen) atoms. The zero-order valence-electron chi connectivity index (χ0n) is 10.4. The van der Waals surface area contributed by atoms with Gasteiger partial charge in [-0.25, -0.2) is 0 Å². The highest BCUT2D eigenvalue weighted by molar-refractivity contribution is 5.91. The van der Waals surface area contributed by atoms with Gasteiger partial charge in [-0.1, -0.05) is 13.8 Å². The largest absolute Gasteiger partial charge is 0.465 e. The number of amides is 1. The van der Waals surface area contributed by atoms with Gasteiger partial charge in [0.25, 0.3) is 0 Å². The van der Waals surface area contributed by atoms with Gasteiger partial charge in [0.1, 0.15) is 5.76 Å². The minimum atomic E-state index is -0.895. The van der Waals surface area contributed by atoms with Crippen molar-refractivity contribution in [2.75, 3.05) is 6.54 Å². The monoisotopic (exact) mass is 237 g/mol. The molecule has 0 aliphatic heterocycles. The first kappa shape index (κ1) is 13.5. The van der Waals surface area contributed by atoms with Crippen LogP contribution in [0.4, 0.5) is 0 Å². The molecule has 0 aliphatic rings. The number of hydrogen-bond donors (Lipinski definition) is 2. The molecule has 0 aliphatic carbocycles. The Hall–Kier alpha value is -1.55. The van der Waals surface area contributed by atoms with Crippen LogP contribution in [0.2, 0.25) is 0 Å². The molecule has 0 fully saturated rings. The van der Waals surface area contributed by atoms with E-state index in [1.54, 1.807) is 31.4 Å². The Kier molecular flexibility index (Phi) is 4.52. The number of hydrogen-bond acceptors (Lipinski definition) is 3. The van der Waals surface area contributed by atoms with E-state index in [4.69, 9.17) is 4.42 Å². The van der Waals surface area contributed by atoms with Crippen molar-refractivity contribution in [2.45, 2.75) is 26.4 Å². The number of furan rings is 1. The molecular weight excluding hydrogens is 218 g/mol. The maximum Gasteiger partial charge on any atom is 0.244 e. The summed E-state index contributed by atoms with van der Waals surface area (Å²) in [5.41, 5.74) is -0.895. The molecule has 1 aromatic heterocycles. The molecule has 0 radical (unpaired) electrons. The summed E-state index contributed by atoms with van der Waals surface area (Å²) in [5, 5.41) is 12.6. The maximum absolute atomic E-state index is 11.5. The van der Waals surface area contributed by atoms with Crippen LogP contribution in [0.25, 0.3) is 6.08 Å². The van der Waals surface area contributed by atoms with Crippen LogP contribution < -0.4 is 5.32 Å². The SMILES string of the molecule is CC(C)C(C)(O)CNC(=O)/C=C/c1ccco1. The molecule has 0 spiro atoms. The third-order valence-corrected chi connectivity index (χ3v) is 2.81. The molecule has 1 unspecified atom stereocenters. The van der Waals surface area contributed by atoms with E-state index in [0.29, 0.717) is 5.76 Å². The number of carbonyl (C=O) groups excluding carboxylic acids is 1. The third-order valence-electron chi connectivity index (χ3n) is 2.81. The molecule has 1 rings (SSSR count). The number of carbonyl (C=O) groups is 1. The summed E-state index contributed by atoms with van der Waals surface area (Å²) in [5.74, 6) is 0.454. The molecule has 1 aromatic rings. The van der Waals surface area contributed by atoms with E-state index in [-0.39, 0.29) is 18.4 Å². The molecule has 2 N–H and O–H groups in total. The number of rotatable bonds is 5. The molecule has 0 aromatic carbocycles. The van der Waals surface area contributed by atoms with Gasteiger partial charge in [0.2, 0.25) is 5.91 Å². The lowest BCUT2D eigenvalue weighted by atomic mass is 9.92. The zero-order chi connectivity index (χ0) is 12.9. The van der Waals surface area contributed by atoms with Gasteiger partial charge in [-0.3, -0.25) is 4.79 Å². The van der Waals surface area contributed by atoms with Crippen LogP contribution in [0.15, 0.2) is 28.9 Å². The molecular formula is C13H19NO3. The van der Waals surface area contributed by atoms with Crippen LogP contribution in [0, 0.1) is 5.92 Å². The highest BCUT2D eigenvalue weighted by Crippen LogP contribution is 2.14. The lowest BCUT2D eigenvalue weighted by Gasteiger charge is -2.27. The van der Waals surface area contributed by atoms with Gasteiger partial charge in [-0.05, 0) is 31.1 Å². The van der Waals surface area contributed by atoms with Crippen LogP contribution >= 0.6 is 0 Å². The van der Waals surface area contributed by atoms with Gasteiger partial charge in [-0.2, -0.15) is 0 Å². The summed E-state index contributed by atoms with van der Waals surface area (Å²) in [6, 6.07) is 3.51. The molecule has 4 heteroatoms. The first-order valence-electron chi connectivity index (χ1n) is 5.63. The van der Waals surface area contributed by atoms with E-state index in [1.165, 1.54) is 6.08 Å². The second-order valence-electron chi connectivity index (χ2n) is 4.58. The van der Waals surface area contributed by atoms with Crippen molar-refractivity contribution in [1.82, 2.24) is 5.32 Å². The van der Waals surface area contributed by atoms with Crippen molar-refractivity contribution in [1.29, 1.82) is 0 Å². The lowest BCUT2D eigenvalue weighted by molar-refractivity contribution is -0.118. The fraction of sp³-hybridized carbons (Fsp3) is 0.462. The molecule has 4 nitrogen and oxygen atoms in total. The molecule has 1 atom stereocenters. The summed E-state index contributed by atoms with van der Waals surface area (Å²) >= 11 is 0. The van der Waals surface area contributed by atoms with Crippen molar-refractivity contribution < 1.29 is 14.3 Å². The van der Waals surface area contributed by atoms with Gasteiger partial charge < -0.3 is 14.8 Å². The topological polar surface area (TPSA) is 62.5 Å². The summed E-state index contributed by atoms with van der Waals surface area (Å²) < 4.78 is 5.05. The maximum atomic E-state index is 11.5. The average Bonchev–Trinajstić information content (AvgIpc) is 2.76. The van der Waals surface area contributed by atoms with Gasteiger partial charge in [0.15, 0.2) is 0 Å². The van der Waals surface area contributed by atoms with Crippen LogP contribution in [-0.4, -0.2) is 23.2 Å². The van der Waals surface area contributed by atoms with Crippen LogP contribution in [0.3, 0.4) is 0 Å². The minimum absolute atomic E-state index is 0.0804.